The summed E-state index contributed by atoms with van der Waals surface area (Å²) in [5, 5.41) is 8.98. The van der Waals surface area contributed by atoms with Crippen LogP contribution >= 0.6 is 0 Å². The maximum Gasteiger partial charge on any atom is 0.226 e. The number of benzene rings is 1. The van der Waals surface area contributed by atoms with Crippen LogP contribution in [-0.4, -0.2) is 42.2 Å². The molecule has 0 spiro atoms. The Morgan fingerprint density at radius 1 is 1.35 bits per heavy atom. The summed E-state index contributed by atoms with van der Waals surface area (Å²) in [6.45, 7) is 3.42. The second-order valence-corrected chi connectivity index (χ2v) is 4.59. The van der Waals surface area contributed by atoms with E-state index in [0.29, 0.717) is 31.1 Å². The van der Waals surface area contributed by atoms with Gasteiger partial charge in [0.15, 0.2) is 0 Å². The summed E-state index contributed by atoms with van der Waals surface area (Å²) in [6, 6.07) is 7.22. The summed E-state index contributed by atoms with van der Waals surface area (Å²) in [5.41, 5.74) is 6.32. The molecule has 0 radical (unpaired) electrons. The molecule has 0 fully saturated rings. The Labute approximate surface area is 120 Å². The molecule has 1 amide bonds. The van der Waals surface area contributed by atoms with E-state index in [0.717, 1.165) is 12.8 Å². The van der Waals surface area contributed by atoms with Gasteiger partial charge in [-0.15, -0.1) is 0 Å². The lowest BCUT2D eigenvalue weighted by Gasteiger charge is -2.21. The van der Waals surface area contributed by atoms with Gasteiger partial charge in [0.1, 0.15) is 5.75 Å². The summed E-state index contributed by atoms with van der Waals surface area (Å²) in [6.07, 6.45) is 2.25. The molecule has 0 atom stereocenters. The van der Waals surface area contributed by atoms with E-state index in [1.165, 1.54) is 0 Å². The number of aliphatic hydroxyl groups is 1. The number of anilines is 1. The molecule has 0 saturated heterocycles. The van der Waals surface area contributed by atoms with Crippen molar-refractivity contribution in [3.8, 4) is 5.75 Å². The largest absolute Gasteiger partial charge is 0.491 e. The molecule has 0 aliphatic rings. The lowest BCUT2D eigenvalue weighted by Crippen LogP contribution is -2.35. The molecular weight excluding hydrogens is 256 g/mol. The number of carbonyl (C=O) groups excluding carboxylic acids is 1. The molecule has 5 nitrogen and oxygen atoms in total. The minimum absolute atomic E-state index is 0.00185. The second kappa shape index (κ2) is 9.20. The Morgan fingerprint density at radius 3 is 2.75 bits per heavy atom. The van der Waals surface area contributed by atoms with Crippen molar-refractivity contribution in [2.24, 2.45) is 0 Å². The van der Waals surface area contributed by atoms with Crippen molar-refractivity contribution in [1.82, 2.24) is 4.90 Å². The third-order valence-corrected chi connectivity index (χ3v) is 3.00. The number of amides is 1. The fraction of sp³-hybridized carbons (Fsp3) is 0.533. The van der Waals surface area contributed by atoms with Crippen molar-refractivity contribution < 1.29 is 14.6 Å². The molecule has 0 saturated carbocycles. The molecule has 1 aromatic rings. The molecule has 0 unspecified atom stereocenters. The molecule has 5 heteroatoms. The van der Waals surface area contributed by atoms with Crippen molar-refractivity contribution in [2.45, 2.75) is 26.2 Å². The molecule has 20 heavy (non-hydrogen) atoms. The van der Waals surface area contributed by atoms with Crippen LogP contribution in [0, 0.1) is 0 Å². The van der Waals surface area contributed by atoms with Gasteiger partial charge < -0.3 is 20.5 Å². The zero-order valence-electron chi connectivity index (χ0n) is 12.0. The highest BCUT2D eigenvalue weighted by molar-refractivity contribution is 5.76. The number of ether oxygens (including phenoxy) is 1. The number of para-hydroxylation sites is 2. The number of unbranched alkanes of at least 4 members (excludes halogenated alkanes) is 1. The van der Waals surface area contributed by atoms with Crippen molar-refractivity contribution >= 4 is 11.6 Å². The van der Waals surface area contributed by atoms with E-state index in [2.05, 4.69) is 6.92 Å². The number of aliphatic hydroxyl groups excluding tert-OH is 1. The summed E-state index contributed by atoms with van der Waals surface area (Å²) in [5.74, 6) is 0.601. The van der Waals surface area contributed by atoms with Crippen LogP contribution in [-0.2, 0) is 4.79 Å². The van der Waals surface area contributed by atoms with Crippen LogP contribution in [0.1, 0.15) is 26.2 Å². The van der Waals surface area contributed by atoms with Gasteiger partial charge >= 0.3 is 0 Å². The first-order chi connectivity index (χ1) is 9.69. The van der Waals surface area contributed by atoms with E-state index >= 15 is 0 Å². The minimum atomic E-state index is -0.0120. The van der Waals surface area contributed by atoms with Crippen LogP contribution in [0.3, 0.4) is 0 Å². The first-order valence-corrected chi connectivity index (χ1v) is 7.05. The monoisotopic (exact) mass is 280 g/mol. The molecule has 0 aliphatic carbocycles. The maximum absolute atomic E-state index is 12.0. The van der Waals surface area contributed by atoms with Crippen LogP contribution in [0.4, 0.5) is 5.69 Å². The SMILES string of the molecule is CCCCN(CCO)C(=O)CCOc1ccccc1N. The molecule has 0 heterocycles. The van der Waals surface area contributed by atoms with E-state index in [9.17, 15) is 4.79 Å². The second-order valence-electron chi connectivity index (χ2n) is 4.59. The summed E-state index contributed by atoms with van der Waals surface area (Å²) in [7, 11) is 0. The van der Waals surface area contributed by atoms with Gasteiger partial charge in [-0.05, 0) is 18.6 Å². The first-order valence-electron chi connectivity index (χ1n) is 7.05. The lowest BCUT2D eigenvalue weighted by atomic mass is 10.3. The van der Waals surface area contributed by atoms with Gasteiger partial charge in [0, 0.05) is 13.1 Å². The normalized spacial score (nSPS) is 10.3. The van der Waals surface area contributed by atoms with E-state index in [1.807, 2.05) is 12.1 Å². The fourth-order valence-electron chi connectivity index (χ4n) is 1.85. The predicted molar refractivity (Wildman–Crippen MR) is 79.5 cm³/mol. The van der Waals surface area contributed by atoms with Gasteiger partial charge in [-0.25, -0.2) is 0 Å². The summed E-state index contributed by atoms with van der Waals surface area (Å²) < 4.78 is 5.51. The van der Waals surface area contributed by atoms with E-state index in [4.69, 9.17) is 15.6 Å². The average Bonchev–Trinajstić information content (AvgIpc) is 2.45. The van der Waals surface area contributed by atoms with Crippen LogP contribution < -0.4 is 10.5 Å². The number of hydrogen-bond acceptors (Lipinski definition) is 4. The molecule has 3 N–H and O–H groups in total. The average molecular weight is 280 g/mol. The van der Waals surface area contributed by atoms with E-state index < -0.39 is 0 Å². The van der Waals surface area contributed by atoms with Crippen LogP contribution in [0.15, 0.2) is 24.3 Å². The van der Waals surface area contributed by atoms with Crippen molar-refractivity contribution in [3.63, 3.8) is 0 Å². The Bertz CT molecular complexity index is 410. The maximum atomic E-state index is 12.0. The van der Waals surface area contributed by atoms with Crippen molar-refractivity contribution in [1.29, 1.82) is 0 Å². The molecule has 0 aromatic heterocycles. The number of hydrogen-bond donors (Lipinski definition) is 2. The summed E-state index contributed by atoms with van der Waals surface area (Å²) in [4.78, 5) is 13.7. The minimum Gasteiger partial charge on any atom is -0.491 e. The molecular formula is C15H24N2O3. The standard InChI is InChI=1S/C15H24N2O3/c1-2-3-9-17(10-11-18)15(19)8-12-20-14-7-5-4-6-13(14)16/h4-7,18H,2-3,8-12,16H2,1H3. The third kappa shape index (κ3) is 5.48. The lowest BCUT2D eigenvalue weighted by molar-refractivity contribution is -0.132. The molecule has 0 bridgehead atoms. The predicted octanol–water partition coefficient (Wildman–Crippen LogP) is 1.66. The number of carbonyl (C=O) groups is 1. The molecule has 0 aliphatic heterocycles. The Morgan fingerprint density at radius 2 is 2.10 bits per heavy atom. The fourth-order valence-corrected chi connectivity index (χ4v) is 1.85. The van der Waals surface area contributed by atoms with Crippen LogP contribution in [0.5, 0.6) is 5.75 Å². The summed E-state index contributed by atoms with van der Waals surface area (Å²) >= 11 is 0. The smallest absolute Gasteiger partial charge is 0.226 e. The highest BCUT2D eigenvalue weighted by Crippen LogP contribution is 2.19. The highest BCUT2D eigenvalue weighted by atomic mass is 16.5. The zero-order valence-corrected chi connectivity index (χ0v) is 12.0. The van der Waals surface area contributed by atoms with Gasteiger partial charge in [-0.3, -0.25) is 4.79 Å². The number of nitrogen functional groups attached to an aromatic ring is 1. The quantitative estimate of drug-likeness (QED) is 0.675. The van der Waals surface area contributed by atoms with Gasteiger partial charge in [0.25, 0.3) is 0 Å². The van der Waals surface area contributed by atoms with Gasteiger partial charge in [-0.2, -0.15) is 0 Å². The van der Waals surface area contributed by atoms with Gasteiger partial charge in [0.2, 0.25) is 5.91 Å². The van der Waals surface area contributed by atoms with E-state index in [1.54, 1.807) is 17.0 Å². The van der Waals surface area contributed by atoms with Crippen LogP contribution in [0.25, 0.3) is 0 Å². The Balaban J connectivity index is 2.38. The molecule has 1 rings (SSSR count). The van der Waals surface area contributed by atoms with Crippen molar-refractivity contribution in [2.75, 3.05) is 32.0 Å². The van der Waals surface area contributed by atoms with Gasteiger partial charge in [-0.1, -0.05) is 25.5 Å². The Kier molecular flexibility index (Phi) is 7.50. The number of nitrogens with zero attached hydrogens (tertiary/aromatic N) is 1. The third-order valence-electron chi connectivity index (χ3n) is 3.00. The zero-order chi connectivity index (χ0) is 14.8. The topological polar surface area (TPSA) is 75.8 Å². The van der Waals surface area contributed by atoms with E-state index in [-0.39, 0.29) is 18.9 Å². The van der Waals surface area contributed by atoms with Crippen LogP contribution in [0.2, 0.25) is 0 Å². The van der Waals surface area contributed by atoms with Crippen molar-refractivity contribution in [3.05, 3.63) is 24.3 Å². The van der Waals surface area contributed by atoms with Gasteiger partial charge in [0.05, 0.1) is 25.3 Å². The Hall–Kier alpha value is -1.75. The molecule has 112 valence electrons. The highest BCUT2D eigenvalue weighted by Gasteiger charge is 2.12. The number of nitrogens with two attached hydrogens (primary N) is 1. The number of rotatable bonds is 9. The first kappa shape index (κ1) is 16.3. The molecule has 1 aromatic carbocycles.